The molecule has 2 atom stereocenters. The van der Waals surface area contributed by atoms with E-state index in [4.69, 9.17) is 0 Å². The van der Waals surface area contributed by atoms with Crippen molar-refractivity contribution in [3.05, 3.63) is 24.0 Å². The third kappa shape index (κ3) is 2.50. The minimum Gasteiger partial charge on any atom is -0.371 e. The minimum absolute atomic E-state index is 0.134. The van der Waals surface area contributed by atoms with Crippen LogP contribution in [-0.2, 0) is 0 Å². The van der Waals surface area contributed by atoms with E-state index in [1.165, 1.54) is 25.7 Å². The molecule has 2 unspecified atom stereocenters. The molecule has 3 heterocycles. The smallest absolute Gasteiger partial charge is 0.269 e. The standard InChI is InChI=1S/C15H22N4O/c1-16-15(20)14-9-12(5-6-17-14)19(2)13-7-10-3-4-11(8-13)18-10/h5-6,9-11,13,18H,3-4,7-8H2,1-2H3,(H,16,20). The van der Waals surface area contributed by atoms with E-state index < -0.39 is 0 Å². The summed E-state index contributed by atoms with van der Waals surface area (Å²) in [5.74, 6) is -0.134. The molecule has 1 aromatic heterocycles. The minimum atomic E-state index is -0.134. The molecular formula is C15H22N4O. The van der Waals surface area contributed by atoms with Crippen LogP contribution in [0.5, 0.6) is 0 Å². The van der Waals surface area contributed by atoms with Crippen LogP contribution >= 0.6 is 0 Å². The highest BCUT2D eigenvalue weighted by Crippen LogP contribution is 2.31. The van der Waals surface area contributed by atoms with Crippen LogP contribution in [0.15, 0.2) is 18.3 Å². The lowest BCUT2D eigenvalue weighted by atomic mass is 9.98. The van der Waals surface area contributed by atoms with Crippen molar-refractivity contribution in [3.63, 3.8) is 0 Å². The average Bonchev–Trinajstić information content (AvgIpc) is 2.84. The molecule has 2 aliphatic heterocycles. The summed E-state index contributed by atoms with van der Waals surface area (Å²) >= 11 is 0. The van der Waals surface area contributed by atoms with Crippen LogP contribution in [0.4, 0.5) is 5.69 Å². The second kappa shape index (κ2) is 5.40. The zero-order chi connectivity index (χ0) is 14.1. The molecule has 2 aliphatic rings. The molecule has 5 nitrogen and oxygen atoms in total. The van der Waals surface area contributed by atoms with Crippen molar-refractivity contribution in [2.45, 2.75) is 43.8 Å². The van der Waals surface area contributed by atoms with Gasteiger partial charge in [-0.3, -0.25) is 9.78 Å². The third-order valence-electron chi connectivity index (χ3n) is 4.61. The van der Waals surface area contributed by atoms with Gasteiger partial charge in [-0.05, 0) is 37.8 Å². The van der Waals surface area contributed by atoms with Gasteiger partial charge in [0.2, 0.25) is 0 Å². The van der Waals surface area contributed by atoms with Crippen LogP contribution in [0.25, 0.3) is 0 Å². The molecule has 20 heavy (non-hydrogen) atoms. The average molecular weight is 274 g/mol. The first-order chi connectivity index (χ1) is 9.67. The molecule has 108 valence electrons. The fraction of sp³-hybridized carbons (Fsp3) is 0.600. The number of piperidine rings is 1. The zero-order valence-electron chi connectivity index (χ0n) is 12.1. The molecule has 0 radical (unpaired) electrons. The fourth-order valence-corrected chi connectivity index (χ4v) is 3.45. The number of carbonyl (C=O) groups excluding carboxylic acids is 1. The zero-order valence-corrected chi connectivity index (χ0v) is 12.1. The van der Waals surface area contributed by atoms with Crippen molar-refractivity contribution in [1.29, 1.82) is 0 Å². The summed E-state index contributed by atoms with van der Waals surface area (Å²) in [6.07, 6.45) is 6.69. The second-order valence-corrected chi connectivity index (χ2v) is 5.85. The van der Waals surface area contributed by atoms with Gasteiger partial charge in [-0.25, -0.2) is 0 Å². The van der Waals surface area contributed by atoms with Crippen molar-refractivity contribution in [2.75, 3.05) is 19.0 Å². The van der Waals surface area contributed by atoms with Crippen molar-refractivity contribution in [3.8, 4) is 0 Å². The van der Waals surface area contributed by atoms with Gasteiger partial charge in [0.05, 0.1) is 0 Å². The van der Waals surface area contributed by atoms with Crippen molar-refractivity contribution < 1.29 is 4.79 Å². The van der Waals surface area contributed by atoms with Gasteiger partial charge in [-0.2, -0.15) is 0 Å². The Hall–Kier alpha value is -1.62. The Morgan fingerprint density at radius 3 is 2.75 bits per heavy atom. The highest BCUT2D eigenvalue weighted by atomic mass is 16.1. The maximum Gasteiger partial charge on any atom is 0.269 e. The van der Waals surface area contributed by atoms with Gasteiger partial charge in [0.1, 0.15) is 5.69 Å². The second-order valence-electron chi connectivity index (χ2n) is 5.85. The number of carbonyl (C=O) groups is 1. The van der Waals surface area contributed by atoms with E-state index in [1.807, 2.05) is 12.1 Å². The first-order valence-electron chi connectivity index (χ1n) is 7.34. The lowest BCUT2D eigenvalue weighted by molar-refractivity contribution is 0.0958. The Morgan fingerprint density at radius 1 is 1.40 bits per heavy atom. The maximum atomic E-state index is 11.7. The van der Waals surface area contributed by atoms with E-state index >= 15 is 0 Å². The first-order valence-corrected chi connectivity index (χ1v) is 7.34. The highest BCUT2D eigenvalue weighted by molar-refractivity contribution is 5.92. The molecule has 3 rings (SSSR count). The molecule has 0 spiro atoms. The van der Waals surface area contributed by atoms with E-state index in [-0.39, 0.29) is 5.91 Å². The Kier molecular flexibility index (Phi) is 3.61. The monoisotopic (exact) mass is 274 g/mol. The van der Waals surface area contributed by atoms with Crippen LogP contribution in [0.1, 0.15) is 36.2 Å². The third-order valence-corrected chi connectivity index (χ3v) is 4.61. The number of pyridine rings is 1. The molecule has 0 saturated carbocycles. The van der Waals surface area contributed by atoms with Crippen molar-refractivity contribution in [2.24, 2.45) is 0 Å². The molecular weight excluding hydrogens is 252 g/mol. The summed E-state index contributed by atoms with van der Waals surface area (Å²) in [6.45, 7) is 0. The SMILES string of the molecule is CNC(=O)c1cc(N(C)C2CC3CCC(C2)N3)ccn1. The van der Waals surface area contributed by atoms with Crippen LogP contribution in [0, 0.1) is 0 Å². The number of hydrogen-bond acceptors (Lipinski definition) is 4. The van der Waals surface area contributed by atoms with Gasteiger partial charge in [0.25, 0.3) is 5.91 Å². The van der Waals surface area contributed by atoms with Crippen LogP contribution in [-0.4, -0.2) is 43.1 Å². The van der Waals surface area contributed by atoms with Crippen molar-refractivity contribution >= 4 is 11.6 Å². The van der Waals surface area contributed by atoms with Gasteiger partial charge < -0.3 is 15.5 Å². The predicted octanol–water partition coefficient (Wildman–Crippen LogP) is 1.16. The molecule has 0 aliphatic carbocycles. The van der Waals surface area contributed by atoms with E-state index in [0.29, 0.717) is 23.8 Å². The normalized spacial score (nSPS) is 28.2. The van der Waals surface area contributed by atoms with Gasteiger partial charge in [0.15, 0.2) is 0 Å². The Labute approximate surface area is 119 Å². The van der Waals surface area contributed by atoms with E-state index in [9.17, 15) is 4.79 Å². The number of amides is 1. The number of hydrogen-bond donors (Lipinski definition) is 2. The molecule has 0 aromatic carbocycles. The summed E-state index contributed by atoms with van der Waals surface area (Å²) in [5, 5.41) is 6.28. The van der Waals surface area contributed by atoms with Gasteiger partial charge >= 0.3 is 0 Å². The van der Waals surface area contributed by atoms with E-state index in [1.54, 1.807) is 13.2 Å². The Bertz CT molecular complexity index is 492. The quantitative estimate of drug-likeness (QED) is 0.868. The summed E-state index contributed by atoms with van der Waals surface area (Å²) in [5.41, 5.74) is 1.55. The van der Waals surface area contributed by atoms with Crippen LogP contribution in [0.2, 0.25) is 0 Å². The van der Waals surface area contributed by atoms with Gasteiger partial charge in [-0.15, -0.1) is 0 Å². The number of rotatable bonds is 3. The summed E-state index contributed by atoms with van der Waals surface area (Å²) in [4.78, 5) is 18.1. The molecule has 2 saturated heterocycles. The lowest BCUT2D eigenvalue weighted by Crippen LogP contribution is -2.47. The molecule has 1 amide bonds. The predicted molar refractivity (Wildman–Crippen MR) is 79.0 cm³/mol. The molecule has 2 N–H and O–H groups in total. The number of anilines is 1. The molecule has 2 fully saturated rings. The van der Waals surface area contributed by atoms with Crippen LogP contribution in [0.3, 0.4) is 0 Å². The van der Waals surface area contributed by atoms with E-state index in [0.717, 1.165) is 5.69 Å². The van der Waals surface area contributed by atoms with Gasteiger partial charge in [-0.1, -0.05) is 0 Å². The van der Waals surface area contributed by atoms with Gasteiger partial charge in [0, 0.05) is 44.1 Å². The number of fused-ring (bicyclic) bond motifs is 2. The summed E-state index contributed by atoms with van der Waals surface area (Å²) in [7, 11) is 3.75. The lowest BCUT2D eigenvalue weighted by Gasteiger charge is -2.37. The number of nitrogens with one attached hydrogen (secondary N) is 2. The molecule has 1 aromatic rings. The largest absolute Gasteiger partial charge is 0.371 e. The molecule has 2 bridgehead atoms. The number of aromatic nitrogens is 1. The Balaban J connectivity index is 1.76. The van der Waals surface area contributed by atoms with Crippen molar-refractivity contribution in [1.82, 2.24) is 15.6 Å². The first kappa shape index (κ1) is 13.4. The molecule has 5 heteroatoms. The Morgan fingerprint density at radius 2 is 2.10 bits per heavy atom. The maximum absolute atomic E-state index is 11.7. The summed E-state index contributed by atoms with van der Waals surface area (Å²) < 4.78 is 0. The topological polar surface area (TPSA) is 57.3 Å². The van der Waals surface area contributed by atoms with Crippen LogP contribution < -0.4 is 15.5 Å². The van der Waals surface area contributed by atoms with E-state index in [2.05, 4.69) is 27.6 Å². The number of nitrogens with zero attached hydrogens (tertiary/aromatic N) is 2. The summed E-state index contributed by atoms with van der Waals surface area (Å²) in [6, 6.07) is 5.75. The highest BCUT2D eigenvalue weighted by Gasteiger charge is 2.35. The fourth-order valence-electron chi connectivity index (χ4n) is 3.45.